The van der Waals surface area contributed by atoms with Crippen molar-refractivity contribution < 1.29 is 4.39 Å². The van der Waals surface area contributed by atoms with E-state index in [1.54, 1.807) is 0 Å². The third kappa shape index (κ3) is 3.56. The lowest BCUT2D eigenvalue weighted by Gasteiger charge is -2.17. The highest BCUT2D eigenvalue weighted by Crippen LogP contribution is 2.15. The van der Waals surface area contributed by atoms with Gasteiger partial charge in [-0.2, -0.15) is 5.26 Å². The summed E-state index contributed by atoms with van der Waals surface area (Å²) in [6.07, 6.45) is 0. The summed E-state index contributed by atoms with van der Waals surface area (Å²) >= 11 is 0. The molecule has 0 unspecified atom stereocenters. The van der Waals surface area contributed by atoms with E-state index in [9.17, 15) is 4.39 Å². The Morgan fingerprint density at radius 2 is 2.00 bits per heavy atom. The zero-order valence-corrected chi connectivity index (χ0v) is 11.3. The summed E-state index contributed by atoms with van der Waals surface area (Å²) in [4.78, 5) is 2.02. The highest BCUT2D eigenvalue weighted by molar-refractivity contribution is 5.41. The van der Waals surface area contributed by atoms with Crippen molar-refractivity contribution >= 4 is 5.69 Å². The Morgan fingerprint density at radius 1 is 1.20 bits per heavy atom. The second kappa shape index (κ2) is 6.18. The van der Waals surface area contributed by atoms with Gasteiger partial charge in [0.15, 0.2) is 0 Å². The average molecular weight is 269 g/mol. The van der Waals surface area contributed by atoms with Crippen molar-refractivity contribution in [1.29, 1.82) is 5.26 Å². The first kappa shape index (κ1) is 14.0. The molecule has 0 saturated carbocycles. The largest absolute Gasteiger partial charge is 0.399 e. The summed E-state index contributed by atoms with van der Waals surface area (Å²) in [5.74, 6) is -0.323. The fourth-order valence-corrected chi connectivity index (χ4v) is 2.15. The average Bonchev–Trinajstić information content (AvgIpc) is 2.38. The first-order chi connectivity index (χ1) is 9.58. The number of hydrogen-bond acceptors (Lipinski definition) is 3. The number of nitrogens with zero attached hydrogens (tertiary/aromatic N) is 2. The van der Waals surface area contributed by atoms with Gasteiger partial charge in [0.1, 0.15) is 5.82 Å². The van der Waals surface area contributed by atoms with E-state index in [0.717, 1.165) is 11.3 Å². The summed E-state index contributed by atoms with van der Waals surface area (Å²) in [5, 5.41) is 9.04. The molecule has 0 aromatic heterocycles. The van der Waals surface area contributed by atoms with Gasteiger partial charge < -0.3 is 5.73 Å². The van der Waals surface area contributed by atoms with Gasteiger partial charge in [-0.3, -0.25) is 4.90 Å². The maximum Gasteiger partial charge on any atom is 0.123 e. The molecule has 0 saturated heterocycles. The molecule has 0 heterocycles. The third-order valence-corrected chi connectivity index (χ3v) is 3.03. The number of halogens is 1. The Hall–Kier alpha value is -2.38. The molecule has 20 heavy (non-hydrogen) atoms. The van der Waals surface area contributed by atoms with E-state index < -0.39 is 0 Å². The number of anilines is 1. The van der Waals surface area contributed by atoms with Crippen molar-refractivity contribution in [2.24, 2.45) is 0 Å². The van der Waals surface area contributed by atoms with Gasteiger partial charge in [0.05, 0.1) is 11.6 Å². The van der Waals surface area contributed by atoms with Crippen LogP contribution in [0.4, 0.5) is 10.1 Å². The Kier molecular flexibility index (Phi) is 4.34. The van der Waals surface area contributed by atoms with Gasteiger partial charge in [-0.1, -0.05) is 12.1 Å². The first-order valence-corrected chi connectivity index (χ1v) is 6.30. The van der Waals surface area contributed by atoms with E-state index in [2.05, 4.69) is 6.07 Å². The molecule has 2 N–H and O–H groups in total. The van der Waals surface area contributed by atoms with E-state index in [4.69, 9.17) is 11.0 Å². The summed E-state index contributed by atoms with van der Waals surface area (Å²) < 4.78 is 13.3. The minimum absolute atomic E-state index is 0.323. The number of benzene rings is 2. The van der Waals surface area contributed by atoms with Crippen LogP contribution in [-0.2, 0) is 13.1 Å². The highest BCUT2D eigenvalue weighted by atomic mass is 19.1. The van der Waals surface area contributed by atoms with Gasteiger partial charge in [0, 0.05) is 18.8 Å². The SMILES string of the molecule is CN(Cc1cccc(N)c1)Cc1cc(F)ccc1C#N. The molecule has 0 bridgehead atoms. The normalized spacial score (nSPS) is 10.5. The van der Waals surface area contributed by atoms with Crippen LogP contribution < -0.4 is 5.73 Å². The van der Waals surface area contributed by atoms with Gasteiger partial charge in [-0.15, -0.1) is 0 Å². The van der Waals surface area contributed by atoms with E-state index >= 15 is 0 Å². The molecule has 2 rings (SSSR count). The molecule has 0 amide bonds. The van der Waals surface area contributed by atoms with Crippen LogP contribution in [-0.4, -0.2) is 11.9 Å². The molecule has 0 fully saturated rings. The predicted octanol–water partition coefficient (Wildman–Crippen LogP) is 2.91. The molecule has 0 radical (unpaired) electrons. The third-order valence-electron chi connectivity index (χ3n) is 3.03. The summed E-state index contributed by atoms with van der Waals surface area (Å²) in [6, 6.07) is 14.0. The highest BCUT2D eigenvalue weighted by Gasteiger charge is 2.08. The fourth-order valence-electron chi connectivity index (χ4n) is 2.15. The topological polar surface area (TPSA) is 53.0 Å². The van der Waals surface area contributed by atoms with Gasteiger partial charge >= 0.3 is 0 Å². The lowest BCUT2D eigenvalue weighted by molar-refractivity contribution is 0.318. The number of nitriles is 1. The van der Waals surface area contributed by atoms with E-state index in [0.29, 0.717) is 24.2 Å². The van der Waals surface area contributed by atoms with Crippen molar-refractivity contribution in [1.82, 2.24) is 4.90 Å². The van der Waals surface area contributed by atoms with E-state index in [-0.39, 0.29) is 5.82 Å². The number of nitrogen functional groups attached to an aromatic ring is 1. The standard InChI is InChI=1S/C16H16FN3/c1-20(10-12-3-2-4-16(19)7-12)11-14-8-15(17)6-5-13(14)9-18/h2-8H,10-11,19H2,1H3. The molecule has 0 aliphatic heterocycles. The zero-order chi connectivity index (χ0) is 14.5. The van der Waals surface area contributed by atoms with Gasteiger partial charge in [-0.25, -0.2) is 4.39 Å². The van der Waals surface area contributed by atoms with Crippen molar-refractivity contribution in [3.8, 4) is 6.07 Å². The van der Waals surface area contributed by atoms with Crippen molar-refractivity contribution in [3.05, 3.63) is 65.0 Å². The minimum atomic E-state index is -0.323. The number of hydrogen-bond donors (Lipinski definition) is 1. The van der Waals surface area contributed by atoms with Crippen LogP contribution in [0, 0.1) is 17.1 Å². The summed E-state index contributed by atoms with van der Waals surface area (Å²) in [6.45, 7) is 1.20. The lowest BCUT2D eigenvalue weighted by Crippen LogP contribution is -2.18. The van der Waals surface area contributed by atoms with Gasteiger partial charge in [0.25, 0.3) is 0 Å². The van der Waals surface area contributed by atoms with Crippen molar-refractivity contribution in [3.63, 3.8) is 0 Å². The van der Waals surface area contributed by atoms with Crippen LogP contribution in [0.5, 0.6) is 0 Å². The zero-order valence-electron chi connectivity index (χ0n) is 11.3. The summed E-state index contributed by atoms with van der Waals surface area (Å²) in [5.41, 5.74) is 8.75. The molecular weight excluding hydrogens is 253 g/mol. The van der Waals surface area contributed by atoms with Crippen LogP contribution in [0.1, 0.15) is 16.7 Å². The van der Waals surface area contributed by atoms with Crippen molar-refractivity contribution in [2.45, 2.75) is 13.1 Å². The second-order valence-electron chi connectivity index (χ2n) is 4.83. The molecule has 0 aliphatic carbocycles. The Bertz CT molecular complexity index is 646. The maximum atomic E-state index is 13.3. The Balaban J connectivity index is 2.10. The van der Waals surface area contributed by atoms with Crippen LogP contribution >= 0.6 is 0 Å². The molecular formula is C16H16FN3. The molecule has 2 aromatic carbocycles. The minimum Gasteiger partial charge on any atom is -0.399 e. The Morgan fingerprint density at radius 3 is 2.70 bits per heavy atom. The van der Waals surface area contributed by atoms with Crippen LogP contribution in [0.15, 0.2) is 42.5 Å². The molecule has 4 heteroatoms. The fraction of sp³-hybridized carbons (Fsp3) is 0.188. The smallest absolute Gasteiger partial charge is 0.123 e. The van der Waals surface area contributed by atoms with Crippen LogP contribution in [0.25, 0.3) is 0 Å². The summed E-state index contributed by atoms with van der Waals surface area (Å²) in [7, 11) is 1.93. The van der Waals surface area contributed by atoms with Crippen molar-refractivity contribution in [2.75, 3.05) is 12.8 Å². The number of rotatable bonds is 4. The number of nitrogens with two attached hydrogens (primary N) is 1. The van der Waals surface area contributed by atoms with Gasteiger partial charge in [-0.05, 0) is 48.5 Å². The predicted molar refractivity (Wildman–Crippen MR) is 77.1 cm³/mol. The van der Waals surface area contributed by atoms with Gasteiger partial charge in [0.2, 0.25) is 0 Å². The van der Waals surface area contributed by atoms with E-state index in [1.807, 2.05) is 36.2 Å². The van der Waals surface area contributed by atoms with Crippen LogP contribution in [0.3, 0.4) is 0 Å². The lowest BCUT2D eigenvalue weighted by atomic mass is 10.1. The molecule has 0 spiro atoms. The molecule has 0 atom stereocenters. The first-order valence-electron chi connectivity index (χ1n) is 6.30. The molecule has 0 aliphatic rings. The quantitative estimate of drug-likeness (QED) is 0.868. The Labute approximate surface area is 118 Å². The van der Waals surface area contributed by atoms with Crippen LogP contribution in [0.2, 0.25) is 0 Å². The molecule has 3 nitrogen and oxygen atoms in total. The maximum absolute atomic E-state index is 13.3. The second-order valence-corrected chi connectivity index (χ2v) is 4.83. The molecule has 102 valence electrons. The monoisotopic (exact) mass is 269 g/mol. The van der Waals surface area contributed by atoms with E-state index in [1.165, 1.54) is 18.2 Å². The molecule has 2 aromatic rings.